The smallest absolute Gasteiger partial charge is 0.228 e. The van der Waals surface area contributed by atoms with Gasteiger partial charge >= 0.3 is 0 Å². The number of aryl methyl sites for hydroxylation is 1. The van der Waals surface area contributed by atoms with Gasteiger partial charge in [-0.3, -0.25) is 14.6 Å². The summed E-state index contributed by atoms with van der Waals surface area (Å²) in [6.07, 6.45) is 6.25. The molecule has 0 aliphatic carbocycles. The molecule has 1 fully saturated rings. The SMILES string of the molecule is Cc1ccc(NC(=O)[C@@H]2CNC[C@H](C(=O)NCCc3cnc[nH]3)C2)cn1. The van der Waals surface area contributed by atoms with Crippen molar-refractivity contribution in [3.05, 3.63) is 42.2 Å². The monoisotopic (exact) mass is 356 g/mol. The number of piperidine rings is 1. The summed E-state index contributed by atoms with van der Waals surface area (Å²) >= 11 is 0. The fourth-order valence-corrected chi connectivity index (χ4v) is 3.01. The number of aromatic amines is 1. The van der Waals surface area contributed by atoms with E-state index in [1.54, 1.807) is 18.7 Å². The minimum atomic E-state index is -0.242. The molecule has 0 radical (unpaired) electrons. The van der Waals surface area contributed by atoms with E-state index in [0.717, 1.165) is 11.4 Å². The van der Waals surface area contributed by atoms with Gasteiger partial charge in [0.15, 0.2) is 0 Å². The Morgan fingerprint density at radius 1 is 1.19 bits per heavy atom. The van der Waals surface area contributed by atoms with Crippen LogP contribution in [0.3, 0.4) is 0 Å². The third kappa shape index (κ3) is 4.89. The Kier molecular flexibility index (Phi) is 5.96. The maximum Gasteiger partial charge on any atom is 0.228 e. The quantitative estimate of drug-likeness (QED) is 0.607. The lowest BCUT2D eigenvalue weighted by molar-refractivity contribution is -0.127. The highest BCUT2D eigenvalue weighted by atomic mass is 16.2. The number of hydrogen-bond acceptors (Lipinski definition) is 5. The highest BCUT2D eigenvalue weighted by Gasteiger charge is 2.31. The molecule has 1 aliphatic heterocycles. The molecule has 2 atom stereocenters. The lowest BCUT2D eigenvalue weighted by atomic mass is 9.89. The van der Waals surface area contributed by atoms with E-state index in [2.05, 4.69) is 30.9 Å². The van der Waals surface area contributed by atoms with E-state index < -0.39 is 0 Å². The number of pyridine rings is 1. The lowest BCUT2D eigenvalue weighted by Gasteiger charge is -2.28. The predicted molar refractivity (Wildman–Crippen MR) is 97.4 cm³/mol. The second-order valence-corrected chi connectivity index (χ2v) is 6.58. The van der Waals surface area contributed by atoms with Crippen LogP contribution in [0.25, 0.3) is 0 Å². The Balaban J connectivity index is 1.47. The molecule has 1 saturated heterocycles. The van der Waals surface area contributed by atoms with Crippen LogP contribution in [0.1, 0.15) is 17.8 Å². The average molecular weight is 356 g/mol. The molecule has 1 aliphatic rings. The number of rotatable bonds is 6. The molecule has 26 heavy (non-hydrogen) atoms. The number of carbonyl (C=O) groups is 2. The minimum absolute atomic E-state index is 0.0217. The zero-order valence-electron chi connectivity index (χ0n) is 14.8. The Morgan fingerprint density at radius 2 is 2.00 bits per heavy atom. The lowest BCUT2D eigenvalue weighted by Crippen LogP contribution is -2.47. The van der Waals surface area contributed by atoms with Crippen LogP contribution in [-0.4, -0.2) is 46.4 Å². The van der Waals surface area contributed by atoms with E-state index in [9.17, 15) is 9.59 Å². The first-order chi connectivity index (χ1) is 12.6. The van der Waals surface area contributed by atoms with Crippen molar-refractivity contribution < 1.29 is 9.59 Å². The van der Waals surface area contributed by atoms with Crippen molar-refractivity contribution in [3.8, 4) is 0 Å². The Morgan fingerprint density at radius 3 is 2.69 bits per heavy atom. The van der Waals surface area contributed by atoms with Gasteiger partial charge < -0.3 is 20.9 Å². The Labute approximate surface area is 152 Å². The first-order valence-electron chi connectivity index (χ1n) is 8.81. The molecule has 4 N–H and O–H groups in total. The van der Waals surface area contributed by atoms with Gasteiger partial charge in [-0.25, -0.2) is 4.98 Å². The van der Waals surface area contributed by atoms with Crippen LogP contribution in [0.2, 0.25) is 0 Å². The van der Waals surface area contributed by atoms with Gasteiger partial charge in [-0.05, 0) is 25.5 Å². The molecule has 2 amide bonds. The van der Waals surface area contributed by atoms with Crippen LogP contribution < -0.4 is 16.0 Å². The van der Waals surface area contributed by atoms with Crippen molar-refractivity contribution in [2.24, 2.45) is 11.8 Å². The van der Waals surface area contributed by atoms with E-state index >= 15 is 0 Å². The highest BCUT2D eigenvalue weighted by molar-refractivity contribution is 5.93. The first-order valence-corrected chi connectivity index (χ1v) is 8.81. The van der Waals surface area contributed by atoms with Gasteiger partial charge in [0.25, 0.3) is 0 Å². The Bertz CT molecular complexity index is 729. The van der Waals surface area contributed by atoms with Crippen LogP contribution in [0.5, 0.6) is 0 Å². The van der Waals surface area contributed by atoms with Crippen molar-refractivity contribution >= 4 is 17.5 Å². The zero-order chi connectivity index (χ0) is 18.4. The summed E-state index contributed by atoms with van der Waals surface area (Å²) in [6, 6.07) is 3.68. The molecule has 8 heteroatoms. The topological polar surface area (TPSA) is 112 Å². The third-order valence-electron chi connectivity index (χ3n) is 4.52. The van der Waals surface area contributed by atoms with Crippen LogP contribution in [0.4, 0.5) is 5.69 Å². The summed E-state index contributed by atoms with van der Waals surface area (Å²) in [4.78, 5) is 36.0. The number of carbonyl (C=O) groups excluding carboxylic acids is 2. The van der Waals surface area contributed by atoms with Gasteiger partial charge in [0.2, 0.25) is 11.8 Å². The zero-order valence-corrected chi connectivity index (χ0v) is 14.8. The number of imidazole rings is 1. The van der Waals surface area contributed by atoms with E-state index in [1.807, 2.05) is 19.1 Å². The molecule has 3 heterocycles. The van der Waals surface area contributed by atoms with E-state index in [1.165, 1.54) is 0 Å². The number of nitrogens with one attached hydrogen (secondary N) is 4. The second-order valence-electron chi connectivity index (χ2n) is 6.58. The summed E-state index contributed by atoms with van der Waals surface area (Å²) in [5, 5.41) is 9.01. The molecular weight excluding hydrogens is 332 g/mol. The molecule has 0 unspecified atom stereocenters. The van der Waals surface area contributed by atoms with Crippen molar-refractivity contribution in [1.82, 2.24) is 25.6 Å². The molecule has 0 saturated carbocycles. The minimum Gasteiger partial charge on any atom is -0.355 e. The molecule has 0 bridgehead atoms. The van der Waals surface area contributed by atoms with E-state index in [0.29, 0.717) is 38.2 Å². The first kappa shape index (κ1) is 18.1. The fraction of sp³-hybridized carbons (Fsp3) is 0.444. The molecule has 0 spiro atoms. The highest BCUT2D eigenvalue weighted by Crippen LogP contribution is 2.19. The number of anilines is 1. The molecular formula is C18H24N6O2. The van der Waals surface area contributed by atoms with Gasteiger partial charge in [-0.2, -0.15) is 0 Å². The summed E-state index contributed by atoms with van der Waals surface area (Å²) in [7, 11) is 0. The molecule has 2 aromatic heterocycles. The number of amides is 2. The summed E-state index contributed by atoms with van der Waals surface area (Å²) in [5.41, 5.74) is 2.55. The summed E-state index contributed by atoms with van der Waals surface area (Å²) < 4.78 is 0. The van der Waals surface area contributed by atoms with Gasteiger partial charge in [-0.1, -0.05) is 0 Å². The number of nitrogens with zero attached hydrogens (tertiary/aromatic N) is 2. The number of aromatic nitrogens is 3. The van der Waals surface area contributed by atoms with E-state index in [-0.39, 0.29) is 23.7 Å². The molecule has 2 aromatic rings. The molecule has 8 nitrogen and oxygen atoms in total. The standard InChI is InChI=1S/C18H24N6O2/c1-12-2-3-16(10-22-12)24-18(26)14-6-13(7-19-8-14)17(25)21-5-4-15-9-20-11-23-15/h2-3,9-11,13-14,19H,4-8H2,1H3,(H,20,23)(H,21,25)(H,24,26)/t13-,14+/m1/s1. The van der Waals surface area contributed by atoms with Gasteiger partial charge in [0.05, 0.1) is 30.0 Å². The molecule has 3 rings (SSSR count). The average Bonchev–Trinajstić information content (AvgIpc) is 3.17. The third-order valence-corrected chi connectivity index (χ3v) is 4.52. The Hall–Kier alpha value is -2.74. The molecule has 138 valence electrons. The van der Waals surface area contributed by atoms with Crippen molar-refractivity contribution in [1.29, 1.82) is 0 Å². The second kappa shape index (κ2) is 8.57. The normalized spacial score (nSPS) is 19.7. The summed E-state index contributed by atoms with van der Waals surface area (Å²) in [6.45, 7) is 3.60. The van der Waals surface area contributed by atoms with Crippen molar-refractivity contribution in [2.45, 2.75) is 19.8 Å². The predicted octanol–water partition coefficient (Wildman–Crippen LogP) is 0.636. The van der Waals surface area contributed by atoms with Crippen molar-refractivity contribution in [3.63, 3.8) is 0 Å². The van der Waals surface area contributed by atoms with Gasteiger partial charge in [0, 0.05) is 43.6 Å². The number of H-pyrrole nitrogens is 1. The van der Waals surface area contributed by atoms with Crippen LogP contribution >= 0.6 is 0 Å². The number of hydrogen-bond donors (Lipinski definition) is 4. The van der Waals surface area contributed by atoms with E-state index in [4.69, 9.17) is 0 Å². The van der Waals surface area contributed by atoms with Gasteiger partial charge in [0.1, 0.15) is 0 Å². The largest absolute Gasteiger partial charge is 0.355 e. The van der Waals surface area contributed by atoms with Gasteiger partial charge in [-0.15, -0.1) is 0 Å². The summed E-state index contributed by atoms with van der Waals surface area (Å²) in [5.74, 6) is -0.560. The van der Waals surface area contributed by atoms with Crippen LogP contribution in [0, 0.1) is 18.8 Å². The van der Waals surface area contributed by atoms with Crippen LogP contribution in [-0.2, 0) is 16.0 Å². The maximum atomic E-state index is 12.5. The van der Waals surface area contributed by atoms with Crippen molar-refractivity contribution in [2.75, 3.05) is 25.0 Å². The maximum absolute atomic E-state index is 12.5. The molecule has 0 aromatic carbocycles. The fourth-order valence-electron chi connectivity index (χ4n) is 3.01. The van der Waals surface area contributed by atoms with Crippen LogP contribution in [0.15, 0.2) is 30.9 Å².